The standard InChI is InChI=1S/C16H13IN2O2/c1-20-13-5-3-2-4-12(13)14-15(19-21-16(14)18)10-6-8-11(17)9-7-10/h2-9H,18H2,1H3. The molecule has 0 aliphatic rings. The Morgan fingerprint density at radius 2 is 1.81 bits per heavy atom. The largest absolute Gasteiger partial charge is 0.496 e. The first-order valence-electron chi connectivity index (χ1n) is 6.35. The van der Waals surface area contributed by atoms with E-state index < -0.39 is 0 Å². The molecule has 2 N–H and O–H groups in total. The van der Waals surface area contributed by atoms with Crippen LogP contribution in [0.15, 0.2) is 53.1 Å². The molecule has 0 aliphatic carbocycles. The number of nitrogens with two attached hydrogens (primary N) is 1. The second-order valence-corrected chi connectivity index (χ2v) is 5.72. The molecule has 1 aromatic heterocycles. The van der Waals surface area contributed by atoms with E-state index in [9.17, 15) is 0 Å². The van der Waals surface area contributed by atoms with Crippen LogP contribution in [-0.2, 0) is 0 Å². The van der Waals surface area contributed by atoms with Crippen molar-refractivity contribution in [3.63, 3.8) is 0 Å². The second-order valence-electron chi connectivity index (χ2n) is 4.48. The SMILES string of the molecule is COc1ccccc1-c1c(-c2ccc(I)cc2)noc1N. The van der Waals surface area contributed by atoms with Gasteiger partial charge >= 0.3 is 0 Å². The zero-order valence-corrected chi connectivity index (χ0v) is 13.5. The Bertz CT molecular complexity index is 766. The van der Waals surface area contributed by atoms with Gasteiger partial charge in [-0.2, -0.15) is 0 Å². The molecule has 3 aromatic rings. The minimum atomic E-state index is 0.285. The molecule has 1 heterocycles. The van der Waals surface area contributed by atoms with Crippen molar-refractivity contribution in [2.45, 2.75) is 0 Å². The molecular formula is C16H13IN2O2. The van der Waals surface area contributed by atoms with Crippen LogP contribution in [0.1, 0.15) is 0 Å². The molecule has 0 aliphatic heterocycles. The molecular weight excluding hydrogens is 379 g/mol. The summed E-state index contributed by atoms with van der Waals surface area (Å²) >= 11 is 2.26. The maximum Gasteiger partial charge on any atom is 0.230 e. The Morgan fingerprint density at radius 3 is 2.52 bits per heavy atom. The fourth-order valence-corrected chi connectivity index (χ4v) is 2.58. The normalized spacial score (nSPS) is 10.6. The van der Waals surface area contributed by atoms with Gasteiger partial charge in [0.15, 0.2) is 0 Å². The lowest BCUT2D eigenvalue weighted by Gasteiger charge is -2.08. The smallest absolute Gasteiger partial charge is 0.230 e. The molecule has 0 atom stereocenters. The Labute approximate surface area is 136 Å². The average molecular weight is 392 g/mol. The van der Waals surface area contributed by atoms with E-state index in [4.69, 9.17) is 15.0 Å². The summed E-state index contributed by atoms with van der Waals surface area (Å²) in [5, 5.41) is 4.11. The van der Waals surface area contributed by atoms with Gasteiger partial charge in [0.2, 0.25) is 5.88 Å². The summed E-state index contributed by atoms with van der Waals surface area (Å²) in [6.45, 7) is 0. The van der Waals surface area contributed by atoms with E-state index >= 15 is 0 Å². The molecule has 4 nitrogen and oxygen atoms in total. The van der Waals surface area contributed by atoms with Crippen LogP contribution in [0.2, 0.25) is 0 Å². The van der Waals surface area contributed by atoms with E-state index in [1.807, 2.05) is 48.5 Å². The van der Waals surface area contributed by atoms with Crippen molar-refractivity contribution >= 4 is 28.5 Å². The van der Waals surface area contributed by atoms with Gasteiger partial charge < -0.3 is 15.0 Å². The van der Waals surface area contributed by atoms with Crippen LogP contribution < -0.4 is 10.5 Å². The number of para-hydroxylation sites is 1. The number of nitrogens with zero attached hydrogens (tertiary/aromatic N) is 1. The van der Waals surface area contributed by atoms with Crippen molar-refractivity contribution in [1.29, 1.82) is 0 Å². The molecule has 0 fully saturated rings. The number of ether oxygens (including phenoxy) is 1. The molecule has 21 heavy (non-hydrogen) atoms. The third-order valence-corrected chi connectivity index (χ3v) is 3.93. The van der Waals surface area contributed by atoms with Crippen LogP contribution in [-0.4, -0.2) is 12.3 Å². The first-order valence-corrected chi connectivity index (χ1v) is 7.43. The monoisotopic (exact) mass is 392 g/mol. The first-order chi connectivity index (χ1) is 10.2. The van der Waals surface area contributed by atoms with Crippen LogP contribution >= 0.6 is 22.6 Å². The van der Waals surface area contributed by atoms with E-state index in [1.54, 1.807) is 7.11 Å². The van der Waals surface area contributed by atoms with Gasteiger partial charge in [-0.3, -0.25) is 0 Å². The molecule has 0 spiro atoms. The summed E-state index contributed by atoms with van der Waals surface area (Å²) in [4.78, 5) is 0. The Balaban J connectivity index is 2.20. The van der Waals surface area contributed by atoms with E-state index in [-0.39, 0.29) is 5.88 Å². The molecule has 0 amide bonds. The number of rotatable bonds is 3. The van der Waals surface area contributed by atoms with E-state index in [1.165, 1.54) is 0 Å². The number of hydrogen-bond acceptors (Lipinski definition) is 4. The number of aromatic nitrogens is 1. The molecule has 3 rings (SSSR count). The number of benzene rings is 2. The highest BCUT2D eigenvalue weighted by atomic mass is 127. The number of nitrogen functional groups attached to an aromatic ring is 1. The summed E-state index contributed by atoms with van der Waals surface area (Å²) in [6.07, 6.45) is 0. The van der Waals surface area contributed by atoms with Crippen molar-refractivity contribution in [1.82, 2.24) is 5.16 Å². The van der Waals surface area contributed by atoms with Crippen molar-refractivity contribution in [3.8, 4) is 28.1 Å². The van der Waals surface area contributed by atoms with Gasteiger partial charge in [0.1, 0.15) is 11.4 Å². The van der Waals surface area contributed by atoms with Crippen LogP contribution in [0.3, 0.4) is 0 Å². The predicted octanol–water partition coefficient (Wildman–Crippen LogP) is 4.20. The van der Waals surface area contributed by atoms with Crippen molar-refractivity contribution in [3.05, 3.63) is 52.1 Å². The summed E-state index contributed by atoms with van der Waals surface area (Å²) in [5.41, 5.74) is 9.28. The van der Waals surface area contributed by atoms with Gasteiger partial charge in [-0.15, -0.1) is 0 Å². The zero-order chi connectivity index (χ0) is 14.8. The number of anilines is 1. The lowest BCUT2D eigenvalue weighted by atomic mass is 10.0. The second kappa shape index (κ2) is 5.77. The highest BCUT2D eigenvalue weighted by Gasteiger charge is 2.20. The summed E-state index contributed by atoms with van der Waals surface area (Å²) in [6, 6.07) is 15.7. The molecule has 106 valence electrons. The van der Waals surface area contributed by atoms with Crippen LogP contribution in [0.4, 0.5) is 5.88 Å². The Kier molecular flexibility index (Phi) is 3.83. The van der Waals surface area contributed by atoms with Gasteiger partial charge in [-0.1, -0.05) is 35.5 Å². The lowest BCUT2D eigenvalue weighted by molar-refractivity contribution is 0.416. The van der Waals surface area contributed by atoms with Crippen molar-refractivity contribution < 1.29 is 9.26 Å². The summed E-state index contributed by atoms with van der Waals surface area (Å²) < 4.78 is 11.8. The van der Waals surface area contributed by atoms with E-state index in [0.717, 1.165) is 26.0 Å². The fraction of sp³-hybridized carbons (Fsp3) is 0.0625. The zero-order valence-electron chi connectivity index (χ0n) is 11.3. The molecule has 0 unspecified atom stereocenters. The summed E-state index contributed by atoms with van der Waals surface area (Å²) in [5.74, 6) is 1.02. The maximum atomic E-state index is 5.98. The number of hydrogen-bond donors (Lipinski definition) is 1. The average Bonchev–Trinajstić information content (AvgIpc) is 2.89. The Hall–Kier alpha value is -2.02. The van der Waals surface area contributed by atoms with Gasteiger partial charge in [0.05, 0.1) is 12.7 Å². The van der Waals surface area contributed by atoms with E-state index in [2.05, 4.69) is 27.7 Å². The molecule has 0 saturated heterocycles. The third-order valence-electron chi connectivity index (χ3n) is 3.21. The quantitative estimate of drug-likeness (QED) is 0.679. The maximum absolute atomic E-state index is 5.98. The third kappa shape index (κ3) is 2.61. The molecule has 0 radical (unpaired) electrons. The highest BCUT2D eigenvalue weighted by Crippen LogP contribution is 2.40. The minimum Gasteiger partial charge on any atom is -0.496 e. The van der Waals surface area contributed by atoms with Crippen LogP contribution in [0.5, 0.6) is 5.75 Å². The van der Waals surface area contributed by atoms with Crippen LogP contribution in [0, 0.1) is 3.57 Å². The molecule has 5 heteroatoms. The molecule has 0 saturated carbocycles. The highest BCUT2D eigenvalue weighted by molar-refractivity contribution is 14.1. The summed E-state index contributed by atoms with van der Waals surface area (Å²) in [7, 11) is 1.63. The number of halogens is 1. The van der Waals surface area contributed by atoms with Gasteiger partial charge in [-0.25, -0.2) is 0 Å². The predicted molar refractivity (Wildman–Crippen MR) is 91.1 cm³/mol. The van der Waals surface area contributed by atoms with Gasteiger partial charge in [-0.05, 0) is 40.8 Å². The fourth-order valence-electron chi connectivity index (χ4n) is 2.22. The van der Waals surface area contributed by atoms with E-state index in [0.29, 0.717) is 5.69 Å². The van der Waals surface area contributed by atoms with Gasteiger partial charge in [0, 0.05) is 14.7 Å². The van der Waals surface area contributed by atoms with Crippen molar-refractivity contribution in [2.24, 2.45) is 0 Å². The van der Waals surface area contributed by atoms with Crippen molar-refractivity contribution in [2.75, 3.05) is 12.8 Å². The molecule has 2 aromatic carbocycles. The topological polar surface area (TPSA) is 61.3 Å². The minimum absolute atomic E-state index is 0.285. The number of methoxy groups -OCH3 is 1. The lowest BCUT2D eigenvalue weighted by Crippen LogP contribution is -1.92. The van der Waals surface area contributed by atoms with Crippen LogP contribution in [0.25, 0.3) is 22.4 Å². The Morgan fingerprint density at radius 1 is 1.10 bits per heavy atom. The molecule has 0 bridgehead atoms. The first kappa shape index (κ1) is 13.9. The van der Waals surface area contributed by atoms with Gasteiger partial charge in [0.25, 0.3) is 0 Å².